The van der Waals surface area contributed by atoms with Gasteiger partial charge in [0, 0.05) is 19.5 Å². The Labute approximate surface area is 197 Å². The largest absolute Gasteiger partial charge is 0.410 e. The number of aromatic nitrogens is 8. The molecule has 2 atom stereocenters. The van der Waals surface area contributed by atoms with E-state index in [0.29, 0.717) is 22.6 Å². The first-order valence-corrected chi connectivity index (χ1v) is 11.2. The second-order valence-electron chi connectivity index (χ2n) is 9.12. The van der Waals surface area contributed by atoms with Gasteiger partial charge in [0.15, 0.2) is 17.3 Å². The first kappa shape index (κ1) is 21.6. The first-order valence-electron chi connectivity index (χ1n) is 11.2. The molecule has 35 heavy (non-hydrogen) atoms. The zero-order valence-corrected chi connectivity index (χ0v) is 19.2. The lowest BCUT2D eigenvalue weighted by atomic mass is 9.94. The maximum absolute atomic E-state index is 14.1. The minimum Gasteiger partial charge on any atom is -0.363 e. The van der Waals surface area contributed by atoms with Crippen molar-refractivity contribution in [3.05, 3.63) is 54.0 Å². The van der Waals surface area contributed by atoms with Crippen molar-refractivity contribution in [2.24, 2.45) is 7.05 Å². The number of rotatable bonds is 3. The fourth-order valence-corrected chi connectivity index (χ4v) is 4.56. The lowest BCUT2D eigenvalue weighted by Crippen LogP contribution is -2.35. The molecule has 0 radical (unpaired) electrons. The van der Waals surface area contributed by atoms with Crippen LogP contribution in [-0.4, -0.2) is 45.3 Å². The Morgan fingerprint density at radius 3 is 2.57 bits per heavy atom. The summed E-state index contributed by atoms with van der Waals surface area (Å²) in [6.07, 6.45) is -1.50. The van der Waals surface area contributed by atoms with E-state index in [1.165, 1.54) is 10.8 Å². The summed E-state index contributed by atoms with van der Waals surface area (Å²) in [7, 11) is 1.77. The molecule has 5 heterocycles. The summed E-state index contributed by atoms with van der Waals surface area (Å²) in [5.74, 6) is 0.831. The molecule has 5 aromatic rings. The van der Waals surface area contributed by atoms with E-state index >= 15 is 0 Å². The van der Waals surface area contributed by atoms with E-state index in [1.807, 2.05) is 24.3 Å². The van der Waals surface area contributed by atoms with E-state index in [0.717, 1.165) is 15.8 Å². The molecule has 0 saturated heterocycles. The number of benzene rings is 1. The van der Waals surface area contributed by atoms with Gasteiger partial charge in [0.05, 0.1) is 17.6 Å². The van der Waals surface area contributed by atoms with E-state index in [9.17, 15) is 13.2 Å². The van der Waals surface area contributed by atoms with Crippen molar-refractivity contribution in [1.29, 1.82) is 0 Å². The highest BCUT2D eigenvalue weighted by Crippen LogP contribution is 2.44. The van der Waals surface area contributed by atoms with Gasteiger partial charge in [0.25, 0.3) is 0 Å². The van der Waals surface area contributed by atoms with Crippen LogP contribution in [-0.2, 0) is 7.05 Å². The molecular formula is C23H22F3N9. The summed E-state index contributed by atoms with van der Waals surface area (Å²) in [6.45, 7) is 4.16. The van der Waals surface area contributed by atoms with Crippen molar-refractivity contribution in [3.8, 4) is 11.5 Å². The number of nitrogens with one attached hydrogen (secondary N) is 1. The zero-order valence-electron chi connectivity index (χ0n) is 19.2. The van der Waals surface area contributed by atoms with Gasteiger partial charge in [-0.2, -0.15) is 23.4 Å². The second-order valence-corrected chi connectivity index (χ2v) is 9.12. The van der Waals surface area contributed by atoms with Gasteiger partial charge < -0.3 is 5.32 Å². The lowest BCUT2D eigenvalue weighted by Gasteiger charge is -2.33. The molecule has 1 aliphatic rings. The number of hydrogen-bond donors (Lipinski definition) is 1. The molecule has 1 aliphatic heterocycles. The normalized spacial score (nSPS) is 18.4. The third-order valence-electron chi connectivity index (χ3n) is 6.49. The van der Waals surface area contributed by atoms with Gasteiger partial charge in [-0.05, 0) is 17.0 Å². The Bertz CT molecular complexity index is 1540. The molecule has 1 N–H and O–H groups in total. The number of fused-ring (bicyclic) bond motifs is 4. The maximum Gasteiger partial charge on any atom is 0.410 e. The lowest BCUT2D eigenvalue weighted by molar-refractivity contribution is -0.173. The van der Waals surface area contributed by atoms with Gasteiger partial charge in [0.2, 0.25) is 5.82 Å². The highest BCUT2D eigenvalue weighted by atomic mass is 19.4. The molecular weight excluding hydrogens is 459 g/mol. The predicted molar refractivity (Wildman–Crippen MR) is 123 cm³/mol. The third kappa shape index (κ3) is 3.51. The molecule has 0 fully saturated rings. The molecule has 1 aromatic carbocycles. The summed E-state index contributed by atoms with van der Waals surface area (Å²) >= 11 is 0. The zero-order chi connectivity index (χ0) is 24.5. The number of halogens is 3. The molecule has 12 heteroatoms. The van der Waals surface area contributed by atoms with Gasteiger partial charge in [-0.1, -0.05) is 38.1 Å². The van der Waals surface area contributed by atoms with Gasteiger partial charge in [0.1, 0.15) is 17.8 Å². The molecule has 2 unspecified atom stereocenters. The Hall–Kier alpha value is -3.96. The van der Waals surface area contributed by atoms with Crippen molar-refractivity contribution in [3.63, 3.8) is 0 Å². The van der Waals surface area contributed by atoms with Crippen molar-refractivity contribution in [2.75, 3.05) is 5.32 Å². The van der Waals surface area contributed by atoms with Crippen molar-refractivity contribution in [2.45, 2.75) is 44.4 Å². The molecule has 0 spiro atoms. The van der Waals surface area contributed by atoms with Crippen LogP contribution in [0.15, 0.2) is 42.9 Å². The number of aryl methyl sites for hydroxylation is 1. The summed E-state index contributed by atoms with van der Waals surface area (Å²) in [5, 5.41) is 16.8. The summed E-state index contributed by atoms with van der Waals surface area (Å²) in [6, 6.07) is 7.01. The van der Waals surface area contributed by atoms with Crippen LogP contribution in [0.25, 0.3) is 28.2 Å². The van der Waals surface area contributed by atoms with E-state index in [4.69, 9.17) is 0 Å². The Morgan fingerprint density at radius 1 is 1.09 bits per heavy atom. The quantitative estimate of drug-likeness (QED) is 0.403. The highest BCUT2D eigenvalue weighted by molar-refractivity contribution is 5.88. The number of anilines is 1. The predicted octanol–water partition coefficient (Wildman–Crippen LogP) is 4.66. The van der Waals surface area contributed by atoms with Crippen molar-refractivity contribution in [1.82, 2.24) is 39.1 Å². The Balaban J connectivity index is 1.40. The monoisotopic (exact) mass is 481 g/mol. The maximum atomic E-state index is 14.1. The summed E-state index contributed by atoms with van der Waals surface area (Å²) < 4.78 is 46.4. The molecule has 4 aromatic heterocycles. The summed E-state index contributed by atoms with van der Waals surface area (Å²) in [4.78, 5) is 8.85. The smallest absolute Gasteiger partial charge is 0.363 e. The fourth-order valence-electron chi connectivity index (χ4n) is 4.56. The minimum absolute atomic E-state index is 0.169. The molecule has 180 valence electrons. The average molecular weight is 481 g/mol. The standard InChI is InChI=1S/C23H22F3N9/c1-12(2)13-4-6-14(7-5-13)16-8-18(23(24,25)26)35-19(29-16)9-17(31-35)20-30-22-15-10-28-33(3)21(15)27-11-34(22)32-20/h4-7,9-12,16,18,29H,8H2,1-3H3. The van der Waals surface area contributed by atoms with E-state index in [-0.39, 0.29) is 23.8 Å². The fraction of sp³-hybridized carbons (Fsp3) is 0.348. The first-order chi connectivity index (χ1) is 16.7. The topological polar surface area (TPSA) is 90.8 Å². The van der Waals surface area contributed by atoms with Gasteiger partial charge in [-0.25, -0.2) is 19.2 Å². The summed E-state index contributed by atoms with van der Waals surface area (Å²) in [5.41, 5.74) is 3.32. The van der Waals surface area contributed by atoms with Crippen LogP contribution in [0.3, 0.4) is 0 Å². The van der Waals surface area contributed by atoms with E-state index in [1.54, 1.807) is 24.0 Å². The molecule has 6 rings (SSSR count). The van der Waals surface area contributed by atoms with Gasteiger partial charge in [-0.3, -0.25) is 4.68 Å². The van der Waals surface area contributed by atoms with Crippen LogP contribution in [0.2, 0.25) is 0 Å². The third-order valence-corrected chi connectivity index (χ3v) is 6.49. The van der Waals surface area contributed by atoms with Crippen LogP contribution in [0, 0.1) is 0 Å². The number of hydrogen-bond acceptors (Lipinski definition) is 6. The van der Waals surface area contributed by atoms with Gasteiger partial charge in [-0.15, -0.1) is 5.10 Å². The van der Waals surface area contributed by atoms with Crippen LogP contribution in [0.1, 0.15) is 49.4 Å². The van der Waals surface area contributed by atoms with Crippen LogP contribution >= 0.6 is 0 Å². The Kier molecular flexibility index (Phi) is 4.63. The second kappa shape index (κ2) is 7.52. The van der Waals surface area contributed by atoms with Crippen molar-refractivity contribution >= 4 is 22.5 Å². The number of alkyl halides is 3. The molecule has 0 saturated carbocycles. The SMILES string of the molecule is CC(C)c1ccc(C2CC(C(F)(F)F)n3nc(-c4nc5c6cnn(C)c6ncn5n4)cc3N2)cc1. The van der Waals surface area contributed by atoms with Crippen LogP contribution in [0.5, 0.6) is 0 Å². The van der Waals surface area contributed by atoms with E-state index < -0.39 is 18.3 Å². The van der Waals surface area contributed by atoms with Crippen molar-refractivity contribution < 1.29 is 13.2 Å². The number of nitrogens with zero attached hydrogens (tertiary/aromatic N) is 8. The molecule has 0 amide bonds. The minimum atomic E-state index is -4.46. The van der Waals surface area contributed by atoms with E-state index in [2.05, 4.69) is 44.4 Å². The highest BCUT2D eigenvalue weighted by Gasteiger charge is 2.46. The average Bonchev–Trinajstić information content (AvgIpc) is 3.53. The molecule has 0 bridgehead atoms. The van der Waals surface area contributed by atoms with Crippen LogP contribution < -0.4 is 5.32 Å². The van der Waals surface area contributed by atoms with Gasteiger partial charge >= 0.3 is 6.18 Å². The molecule has 9 nitrogen and oxygen atoms in total. The Morgan fingerprint density at radius 2 is 1.86 bits per heavy atom. The van der Waals surface area contributed by atoms with Crippen LogP contribution in [0.4, 0.5) is 19.0 Å². The molecule has 0 aliphatic carbocycles.